The lowest BCUT2D eigenvalue weighted by Gasteiger charge is -2.53. The molecule has 0 saturated carbocycles. The number of nitrogens with two attached hydrogens (primary N) is 2. The van der Waals surface area contributed by atoms with Crippen LogP contribution < -0.4 is 11.5 Å². The van der Waals surface area contributed by atoms with E-state index in [0.717, 1.165) is 6.08 Å². The van der Waals surface area contributed by atoms with Gasteiger partial charge in [0.25, 0.3) is 0 Å². The average molecular weight is 727 g/mol. The van der Waals surface area contributed by atoms with E-state index in [0.29, 0.717) is 51.4 Å². The van der Waals surface area contributed by atoms with Crippen LogP contribution in [0.4, 0.5) is 0 Å². The Balaban J connectivity index is 5.80. The maximum Gasteiger partial charge on any atom is 0.330 e. The van der Waals surface area contributed by atoms with E-state index in [1.165, 1.54) is 6.92 Å². The number of rotatable bonds is 25. The maximum atomic E-state index is 13.5. The van der Waals surface area contributed by atoms with Gasteiger partial charge in [-0.05, 0) is 77.0 Å². The van der Waals surface area contributed by atoms with Crippen LogP contribution in [-0.2, 0) is 38.1 Å². The molecule has 51 heavy (non-hydrogen) atoms. The second kappa shape index (κ2) is 20.1. The summed E-state index contributed by atoms with van der Waals surface area (Å²) in [6, 6.07) is 0. The van der Waals surface area contributed by atoms with E-state index in [2.05, 4.69) is 62.0 Å². The maximum absolute atomic E-state index is 13.5. The van der Waals surface area contributed by atoms with Crippen LogP contribution in [0.25, 0.3) is 0 Å². The van der Waals surface area contributed by atoms with E-state index in [9.17, 15) is 24.3 Å². The summed E-state index contributed by atoms with van der Waals surface area (Å²) in [5.41, 5.74) is 9.07. The second-order valence-electron chi connectivity index (χ2n) is 18.1. The van der Waals surface area contributed by atoms with E-state index in [-0.39, 0.29) is 44.0 Å². The number of hydrogen-bond acceptors (Lipinski definition) is 11. The molecule has 0 bridgehead atoms. The van der Waals surface area contributed by atoms with E-state index >= 15 is 0 Å². The zero-order chi connectivity index (χ0) is 40.1. The number of hydrogen-bond donors (Lipinski definition) is 3. The van der Waals surface area contributed by atoms with Gasteiger partial charge in [0.1, 0.15) is 12.2 Å². The fourth-order valence-corrected chi connectivity index (χ4v) is 5.80. The van der Waals surface area contributed by atoms with Gasteiger partial charge in [-0.1, -0.05) is 68.4 Å². The van der Waals surface area contributed by atoms with Crippen LogP contribution in [0.3, 0.4) is 0 Å². The van der Waals surface area contributed by atoms with Crippen molar-refractivity contribution in [2.24, 2.45) is 33.1 Å². The Morgan fingerprint density at radius 1 is 0.647 bits per heavy atom. The summed E-state index contributed by atoms with van der Waals surface area (Å²) in [5, 5.41) is 11.0. The number of unbranched alkanes of at least 4 members (excludes halogenated alkanes) is 3. The van der Waals surface area contributed by atoms with Crippen molar-refractivity contribution < 1.29 is 43.2 Å². The van der Waals surface area contributed by atoms with Crippen molar-refractivity contribution in [1.29, 1.82) is 0 Å². The van der Waals surface area contributed by atoms with E-state index in [1.807, 2.05) is 13.8 Å². The van der Waals surface area contributed by atoms with Crippen molar-refractivity contribution in [1.82, 2.24) is 0 Å². The Labute approximate surface area is 309 Å². The predicted octanol–water partition coefficient (Wildman–Crippen LogP) is 6.94. The van der Waals surface area contributed by atoms with Gasteiger partial charge >= 0.3 is 23.9 Å². The molecule has 11 heteroatoms. The summed E-state index contributed by atoms with van der Waals surface area (Å²) in [5.74, 6) is -1.50. The monoisotopic (exact) mass is 727 g/mol. The minimum Gasteiger partial charge on any atom is -0.466 e. The molecule has 11 nitrogen and oxygen atoms in total. The molecule has 0 aliphatic heterocycles. The fourth-order valence-electron chi connectivity index (χ4n) is 5.80. The number of carbonyl (C=O) groups excluding carboxylic acids is 4. The van der Waals surface area contributed by atoms with Crippen molar-refractivity contribution in [3.63, 3.8) is 0 Å². The number of esters is 4. The molecule has 0 saturated heterocycles. The van der Waals surface area contributed by atoms with Gasteiger partial charge in [-0.3, -0.25) is 14.4 Å². The summed E-state index contributed by atoms with van der Waals surface area (Å²) in [4.78, 5) is 48.9. The van der Waals surface area contributed by atoms with Crippen molar-refractivity contribution in [3.05, 3.63) is 12.7 Å². The van der Waals surface area contributed by atoms with Gasteiger partial charge < -0.3 is 35.5 Å². The van der Waals surface area contributed by atoms with Crippen LogP contribution in [-0.4, -0.2) is 71.6 Å². The third kappa shape index (κ3) is 17.3. The van der Waals surface area contributed by atoms with Gasteiger partial charge in [0, 0.05) is 54.2 Å². The lowest BCUT2D eigenvalue weighted by Crippen LogP contribution is -2.54. The molecule has 0 aromatic carbocycles. The summed E-state index contributed by atoms with van der Waals surface area (Å²) in [7, 11) is 0. The highest BCUT2D eigenvalue weighted by molar-refractivity contribution is 5.81. The Morgan fingerprint density at radius 2 is 1.10 bits per heavy atom. The zero-order valence-electron chi connectivity index (χ0n) is 34.4. The highest BCUT2D eigenvalue weighted by atomic mass is 16.6. The number of aliphatic hydroxyl groups is 1. The second-order valence-corrected chi connectivity index (χ2v) is 18.1. The van der Waals surface area contributed by atoms with Crippen molar-refractivity contribution in [2.75, 3.05) is 13.2 Å². The van der Waals surface area contributed by atoms with Crippen molar-refractivity contribution >= 4 is 23.9 Å². The Hall–Kier alpha value is -2.50. The number of ether oxygens (including phenoxy) is 4. The third-order valence-electron chi connectivity index (χ3n) is 11.1. The summed E-state index contributed by atoms with van der Waals surface area (Å²) in [6.07, 6.45) is 3.92. The molecule has 0 radical (unpaired) electrons. The van der Waals surface area contributed by atoms with E-state index < -0.39 is 57.0 Å². The van der Waals surface area contributed by atoms with Gasteiger partial charge in [-0.2, -0.15) is 0 Å². The zero-order valence-corrected chi connectivity index (χ0v) is 34.4. The molecule has 3 unspecified atom stereocenters. The minimum atomic E-state index is -0.818. The standard InChI is InChI=1S/C40H74N2O9/c1-15-32(45)48-23-19-20-24-49-33(46)21-17-16-18-22-34(47)51-30(38(9,10)35(3,4)25-29(44)40(13,14)42)26-36(5,6)39(11,12)31(50-28(2)43)27-37(7,8)41/h15,29-31,44H,1,16-27,41-42H2,2-14H3. The van der Waals surface area contributed by atoms with Gasteiger partial charge in [0.15, 0.2) is 0 Å². The van der Waals surface area contributed by atoms with Gasteiger partial charge in [0.2, 0.25) is 0 Å². The Bertz CT molecular complexity index is 1130. The van der Waals surface area contributed by atoms with Crippen LogP contribution in [0.15, 0.2) is 12.7 Å². The van der Waals surface area contributed by atoms with Crippen LogP contribution in [0.1, 0.15) is 154 Å². The largest absolute Gasteiger partial charge is 0.466 e. The molecule has 0 aromatic heterocycles. The first kappa shape index (κ1) is 48.5. The molecule has 3 atom stereocenters. The molecule has 0 spiro atoms. The predicted molar refractivity (Wildman–Crippen MR) is 201 cm³/mol. The first-order valence-corrected chi connectivity index (χ1v) is 18.6. The molecule has 0 aliphatic carbocycles. The molecule has 0 heterocycles. The lowest BCUT2D eigenvalue weighted by molar-refractivity contribution is -0.176. The SMILES string of the molecule is C=CC(=O)OCCCCOC(=O)CCCCCC(=O)OC(CC(C)(C)C(C)(C)C(CC(C)(C)N)OC(C)=O)C(C)(C)C(C)(C)CC(O)C(C)(C)N. The van der Waals surface area contributed by atoms with Crippen molar-refractivity contribution in [3.8, 4) is 0 Å². The normalized spacial score (nSPS) is 15.0. The van der Waals surface area contributed by atoms with Gasteiger partial charge in [-0.25, -0.2) is 4.79 Å². The quantitative estimate of drug-likeness (QED) is 0.0384. The summed E-state index contributed by atoms with van der Waals surface area (Å²) in [6.45, 7) is 29.2. The number of carbonyl (C=O) groups is 4. The molecule has 0 aromatic rings. The number of aliphatic hydroxyl groups excluding tert-OH is 1. The molecular formula is C40H74N2O9. The first-order valence-electron chi connectivity index (χ1n) is 18.6. The Morgan fingerprint density at radius 3 is 1.55 bits per heavy atom. The van der Waals surface area contributed by atoms with Crippen LogP contribution in [0, 0.1) is 21.7 Å². The Kier molecular flexibility index (Phi) is 19.1. The van der Waals surface area contributed by atoms with Crippen LogP contribution in [0.5, 0.6) is 0 Å². The summed E-state index contributed by atoms with van der Waals surface area (Å²) < 4.78 is 22.4. The van der Waals surface area contributed by atoms with E-state index in [4.69, 9.17) is 30.4 Å². The van der Waals surface area contributed by atoms with Crippen LogP contribution >= 0.6 is 0 Å². The topological polar surface area (TPSA) is 177 Å². The highest BCUT2D eigenvalue weighted by Gasteiger charge is 2.53. The molecule has 298 valence electrons. The van der Waals surface area contributed by atoms with E-state index in [1.54, 1.807) is 13.8 Å². The molecule has 0 aliphatic rings. The molecule has 0 fully saturated rings. The highest BCUT2D eigenvalue weighted by Crippen LogP contribution is 2.54. The summed E-state index contributed by atoms with van der Waals surface area (Å²) >= 11 is 0. The molecule has 5 N–H and O–H groups in total. The minimum absolute atomic E-state index is 0.186. The first-order chi connectivity index (χ1) is 23.0. The lowest BCUT2D eigenvalue weighted by atomic mass is 9.55. The third-order valence-corrected chi connectivity index (χ3v) is 11.1. The fraction of sp³-hybridized carbons (Fsp3) is 0.850. The van der Waals surface area contributed by atoms with Crippen LogP contribution in [0.2, 0.25) is 0 Å². The van der Waals surface area contributed by atoms with Crippen molar-refractivity contribution in [2.45, 2.75) is 184 Å². The average Bonchev–Trinajstić information content (AvgIpc) is 2.95. The molecular weight excluding hydrogens is 652 g/mol. The molecule has 0 rings (SSSR count). The van der Waals surface area contributed by atoms with Gasteiger partial charge in [0.05, 0.1) is 19.3 Å². The molecule has 0 amide bonds. The smallest absolute Gasteiger partial charge is 0.330 e. The van der Waals surface area contributed by atoms with Gasteiger partial charge in [-0.15, -0.1) is 0 Å².